The third-order valence-electron chi connectivity index (χ3n) is 9.79. The number of nitrogens with zero attached hydrogens (tertiary/aromatic N) is 2. The lowest BCUT2D eigenvalue weighted by Gasteiger charge is -2.27. The molecule has 1 aliphatic carbocycles. The Bertz CT molecular complexity index is 2480. The van der Waals surface area contributed by atoms with Crippen LogP contribution < -0.4 is 4.90 Å². The molecule has 1 heterocycles. The lowest BCUT2D eigenvalue weighted by molar-refractivity contribution is 1.06. The summed E-state index contributed by atoms with van der Waals surface area (Å²) in [6, 6.07) is 55.1. The van der Waals surface area contributed by atoms with Crippen LogP contribution in [0.25, 0.3) is 60.1 Å². The molecule has 0 N–H and O–H groups in total. The SMILES string of the molecule is C1=CCCC(c2cc(-c3ccccc3)c(-c3ccccc3)c3c4ccc(N(c5ccccc5)c5ccncc5)cc4c4ccccc4c23)=C1. The number of fused-ring (bicyclic) bond motifs is 6. The Kier molecular flexibility index (Phi) is 7.33. The molecule has 0 saturated carbocycles. The van der Waals surface area contributed by atoms with Crippen molar-refractivity contribution < 1.29 is 0 Å². The molecule has 0 saturated heterocycles. The molecule has 8 aromatic rings. The molecular weight excluding hydrogens is 593 g/mol. The number of hydrogen-bond donors (Lipinski definition) is 0. The Morgan fingerprint density at radius 1 is 0.469 bits per heavy atom. The average Bonchev–Trinajstić information content (AvgIpc) is 3.19. The fourth-order valence-electron chi connectivity index (χ4n) is 7.63. The maximum atomic E-state index is 4.32. The molecular formula is C47H34N2. The maximum absolute atomic E-state index is 4.32. The van der Waals surface area contributed by atoms with E-state index in [1.807, 2.05) is 12.4 Å². The second-order valence-electron chi connectivity index (χ2n) is 12.6. The van der Waals surface area contributed by atoms with Gasteiger partial charge in [-0.05, 0) is 121 Å². The number of hydrogen-bond acceptors (Lipinski definition) is 2. The summed E-state index contributed by atoms with van der Waals surface area (Å²) in [6.45, 7) is 0. The zero-order valence-electron chi connectivity index (χ0n) is 27.1. The summed E-state index contributed by atoms with van der Waals surface area (Å²) in [5.41, 5.74) is 11.0. The predicted octanol–water partition coefficient (Wildman–Crippen LogP) is 13.1. The summed E-state index contributed by atoms with van der Waals surface area (Å²) in [6.07, 6.45) is 12.6. The molecule has 2 nitrogen and oxygen atoms in total. The molecule has 0 unspecified atom stereocenters. The van der Waals surface area contributed by atoms with Crippen LogP contribution in [0.4, 0.5) is 17.1 Å². The van der Waals surface area contributed by atoms with Crippen LogP contribution in [0.2, 0.25) is 0 Å². The minimum Gasteiger partial charge on any atom is -0.310 e. The van der Waals surface area contributed by atoms with Crippen molar-refractivity contribution in [1.29, 1.82) is 0 Å². The second-order valence-corrected chi connectivity index (χ2v) is 12.6. The summed E-state index contributed by atoms with van der Waals surface area (Å²) in [7, 11) is 0. The van der Waals surface area contributed by atoms with Crippen molar-refractivity contribution in [3.8, 4) is 22.3 Å². The van der Waals surface area contributed by atoms with E-state index in [0.717, 1.165) is 29.9 Å². The Balaban J connectivity index is 1.46. The summed E-state index contributed by atoms with van der Waals surface area (Å²) in [5, 5.41) is 7.65. The summed E-state index contributed by atoms with van der Waals surface area (Å²) < 4.78 is 0. The van der Waals surface area contributed by atoms with Crippen LogP contribution in [0, 0.1) is 0 Å². The van der Waals surface area contributed by atoms with Gasteiger partial charge in [0, 0.05) is 29.5 Å². The van der Waals surface area contributed by atoms with Gasteiger partial charge in [0.05, 0.1) is 0 Å². The molecule has 1 aromatic heterocycles. The molecule has 0 spiro atoms. The molecule has 7 aromatic carbocycles. The minimum absolute atomic E-state index is 1.02. The van der Waals surface area contributed by atoms with Crippen molar-refractivity contribution in [3.63, 3.8) is 0 Å². The van der Waals surface area contributed by atoms with E-state index >= 15 is 0 Å². The first-order chi connectivity index (χ1) is 24.3. The molecule has 0 aliphatic heterocycles. The molecule has 49 heavy (non-hydrogen) atoms. The highest BCUT2D eigenvalue weighted by molar-refractivity contribution is 6.32. The summed E-state index contributed by atoms with van der Waals surface area (Å²) >= 11 is 0. The highest BCUT2D eigenvalue weighted by atomic mass is 15.1. The first kappa shape index (κ1) is 28.9. The Morgan fingerprint density at radius 3 is 1.82 bits per heavy atom. The number of benzene rings is 7. The van der Waals surface area contributed by atoms with Gasteiger partial charge in [0.25, 0.3) is 0 Å². The van der Waals surface area contributed by atoms with Gasteiger partial charge in [0.1, 0.15) is 0 Å². The quantitative estimate of drug-likeness (QED) is 0.171. The summed E-state index contributed by atoms with van der Waals surface area (Å²) in [4.78, 5) is 6.65. The Hall–Kier alpha value is -6.25. The first-order valence-corrected chi connectivity index (χ1v) is 17.0. The third kappa shape index (κ3) is 5.10. The van der Waals surface area contributed by atoms with E-state index in [2.05, 4.69) is 180 Å². The zero-order valence-corrected chi connectivity index (χ0v) is 27.1. The standard InChI is InChI=1S/C47H34N2/c1-5-15-33(16-6-1)42-32-43(34-17-7-2-8-18-34)46-40-24-14-13-23-39(40)44-31-38(25-26-41(44)47(46)45(42)35-19-9-3-10-20-35)49(36-21-11-4-12-22-36)37-27-29-48-30-28-37/h1-7,9-17,19-32H,8,18H2. The highest BCUT2D eigenvalue weighted by Crippen LogP contribution is 2.49. The van der Waals surface area contributed by atoms with Gasteiger partial charge < -0.3 is 4.90 Å². The number of anilines is 3. The van der Waals surface area contributed by atoms with Crippen LogP contribution in [-0.4, -0.2) is 4.98 Å². The van der Waals surface area contributed by atoms with E-state index in [1.54, 1.807) is 0 Å². The van der Waals surface area contributed by atoms with Crippen molar-refractivity contribution in [2.45, 2.75) is 12.8 Å². The van der Waals surface area contributed by atoms with Gasteiger partial charge >= 0.3 is 0 Å². The Labute approximate surface area is 286 Å². The summed E-state index contributed by atoms with van der Waals surface area (Å²) in [5.74, 6) is 0. The fourth-order valence-corrected chi connectivity index (χ4v) is 7.63. The van der Waals surface area contributed by atoms with Gasteiger partial charge in [0.2, 0.25) is 0 Å². The van der Waals surface area contributed by atoms with Crippen molar-refractivity contribution in [2.75, 3.05) is 4.90 Å². The number of para-hydroxylation sites is 1. The lowest BCUT2D eigenvalue weighted by atomic mass is 9.80. The molecule has 0 fully saturated rings. The van der Waals surface area contributed by atoms with Crippen LogP contribution in [-0.2, 0) is 0 Å². The molecule has 0 radical (unpaired) electrons. The van der Waals surface area contributed by atoms with E-state index in [1.165, 1.54) is 65.7 Å². The maximum Gasteiger partial charge on any atom is 0.0492 e. The van der Waals surface area contributed by atoms with Gasteiger partial charge in [-0.1, -0.05) is 127 Å². The lowest BCUT2D eigenvalue weighted by Crippen LogP contribution is -2.09. The molecule has 0 atom stereocenters. The van der Waals surface area contributed by atoms with E-state index in [0.29, 0.717) is 0 Å². The number of aromatic nitrogens is 1. The van der Waals surface area contributed by atoms with Crippen molar-refractivity contribution in [3.05, 3.63) is 188 Å². The normalized spacial score (nSPS) is 12.8. The van der Waals surface area contributed by atoms with Gasteiger partial charge in [0.15, 0.2) is 0 Å². The molecule has 1 aliphatic rings. The van der Waals surface area contributed by atoms with E-state index < -0.39 is 0 Å². The van der Waals surface area contributed by atoms with E-state index in [4.69, 9.17) is 0 Å². The topological polar surface area (TPSA) is 16.1 Å². The predicted molar refractivity (Wildman–Crippen MR) is 209 cm³/mol. The molecule has 232 valence electrons. The molecule has 0 amide bonds. The van der Waals surface area contributed by atoms with Gasteiger partial charge in [-0.15, -0.1) is 0 Å². The van der Waals surface area contributed by atoms with Crippen molar-refractivity contribution >= 4 is 55.0 Å². The minimum atomic E-state index is 1.02. The monoisotopic (exact) mass is 626 g/mol. The second kappa shape index (κ2) is 12.4. The van der Waals surface area contributed by atoms with Gasteiger partial charge in [-0.2, -0.15) is 0 Å². The number of rotatable bonds is 6. The highest BCUT2D eigenvalue weighted by Gasteiger charge is 2.23. The largest absolute Gasteiger partial charge is 0.310 e. The fraction of sp³-hybridized carbons (Fsp3) is 0.0426. The van der Waals surface area contributed by atoms with E-state index in [9.17, 15) is 0 Å². The number of pyridine rings is 1. The molecule has 2 heteroatoms. The smallest absolute Gasteiger partial charge is 0.0492 e. The molecule has 0 bridgehead atoms. The van der Waals surface area contributed by atoms with Crippen LogP contribution >= 0.6 is 0 Å². The van der Waals surface area contributed by atoms with Crippen molar-refractivity contribution in [2.24, 2.45) is 0 Å². The molecule has 9 rings (SSSR count). The van der Waals surface area contributed by atoms with Gasteiger partial charge in [-0.25, -0.2) is 0 Å². The van der Waals surface area contributed by atoms with Gasteiger partial charge in [-0.3, -0.25) is 4.98 Å². The zero-order chi connectivity index (χ0) is 32.6. The average molecular weight is 627 g/mol. The van der Waals surface area contributed by atoms with Crippen LogP contribution in [0.15, 0.2) is 182 Å². The van der Waals surface area contributed by atoms with Crippen LogP contribution in [0.3, 0.4) is 0 Å². The first-order valence-electron chi connectivity index (χ1n) is 17.0. The van der Waals surface area contributed by atoms with E-state index in [-0.39, 0.29) is 0 Å². The van der Waals surface area contributed by atoms with Crippen LogP contribution in [0.1, 0.15) is 18.4 Å². The van der Waals surface area contributed by atoms with Crippen LogP contribution in [0.5, 0.6) is 0 Å². The number of allylic oxidation sites excluding steroid dienone is 4. The Morgan fingerprint density at radius 2 is 1.10 bits per heavy atom. The van der Waals surface area contributed by atoms with Crippen molar-refractivity contribution in [1.82, 2.24) is 4.98 Å². The third-order valence-corrected chi connectivity index (χ3v) is 9.79.